The van der Waals surface area contributed by atoms with Crippen molar-refractivity contribution in [2.24, 2.45) is 5.92 Å². The minimum absolute atomic E-state index is 0.184. The number of aromatic nitrogens is 2. The lowest BCUT2D eigenvalue weighted by Crippen LogP contribution is -2.21. The van der Waals surface area contributed by atoms with Crippen LogP contribution in [-0.2, 0) is 6.54 Å². The largest absolute Gasteiger partial charge is 0.324 e. The number of hydrogen-bond donors (Lipinski definition) is 1. The third kappa shape index (κ3) is 2.63. The number of imidazole rings is 1. The van der Waals surface area contributed by atoms with E-state index in [-0.39, 0.29) is 5.82 Å². The van der Waals surface area contributed by atoms with Gasteiger partial charge in [0.1, 0.15) is 11.6 Å². The van der Waals surface area contributed by atoms with E-state index < -0.39 is 0 Å². The molecule has 0 radical (unpaired) electrons. The predicted octanol–water partition coefficient (Wildman–Crippen LogP) is 3.26. The van der Waals surface area contributed by atoms with Gasteiger partial charge in [0.05, 0.1) is 17.6 Å². The molecule has 0 unspecified atom stereocenters. The molecule has 1 N–H and O–H groups in total. The van der Waals surface area contributed by atoms with Crippen molar-refractivity contribution >= 4 is 11.0 Å². The molecule has 1 aliphatic rings. The summed E-state index contributed by atoms with van der Waals surface area (Å²) in [7, 11) is 0. The zero-order chi connectivity index (χ0) is 13.4. The number of nitrogens with zero attached hydrogens (tertiary/aromatic N) is 2. The van der Waals surface area contributed by atoms with Gasteiger partial charge < -0.3 is 9.88 Å². The Morgan fingerprint density at radius 1 is 1.42 bits per heavy atom. The molecule has 1 saturated carbocycles. The molecule has 0 atom stereocenters. The van der Waals surface area contributed by atoms with E-state index in [4.69, 9.17) is 0 Å². The lowest BCUT2D eigenvalue weighted by Gasteiger charge is -2.10. The Morgan fingerprint density at radius 3 is 2.89 bits per heavy atom. The number of benzene rings is 1. The maximum Gasteiger partial charge on any atom is 0.125 e. The summed E-state index contributed by atoms with van der Waals surface area (Å²) in [6.07, 6.45) is 2.36. The highest BCUT2D eigenvalue weighted by atomic mass is 19.1. The fraction of sp³-hybridized carbons (Fsp3) is 0.533. The lowest BCUT2D eigenvalue weighted by molar-refractivity contribution is 0.531. The highest BCUT2D eigenvalue weighted by molar-refractivity contribution is 5.76. The Hall–Kier alpha value is -1.42. The smallest absolute Gasteiger partial charge is 0.125 e. The first-order valence-electron chi connectivity index (χ1n) is 7.02. The molecule has 0 spiro atoms. The van der Waals surface area contributed by atoms with Crippen LogP contribution in [0, 0.1) is 11.7 Å². The van der Waals surface area contributed by atoms with Crippen LogP contribution in [0.2, 0.25) is 0 Å². The van der Waals surface area contributed by atoms with E-state index in [2.05, 4.69) is 28.7 Å². The number of nitrogens with one attached hydrogen (secondary N) is 1. The van der Waals surface area contributed by atoms with Crippen molar-refractivity contribution in [3.8, 4) is 0 Å². The first-order valence-corrected chi connectivity index (χ1v) is 7.02. The van der Waals surface area contributed by atoms with Crippen molar-refractivity contribution in [2.75, 3.05) is 6.54 Å². The molecular formula is C15H20FN3. The van der Waals surface area contributed by atoms with E-state index in [1.807, 2.05) is 0 Å². The summed E-state index contributed by atoms with van der Waals surface area (Å²) in [5.74, 6) is 1.47. The summed E-state index contributed by atoms with van der Waals surface area (Å²) in [6, 6.07) is 5.38. The Balaban J connectivity index is 1.91. The van der Waals surface area contributed by atoms with Gasteiger partial charge in [-0.05, 0) is 43.5 Å². The van der Waals surface area contributed by atoms with E-state index in [1.165, 1.54) is 18.9 Å². The summed E-state index contributed by atoms with van der Waals surface area (Å²) in [4.78, 5) is 4.65. The van der Waals surface area contributed by atoms with Gasteiger partial charge in [-0.3, -0.25) is 0 Å². The molecule has 0 amide bonds. The average molecular weight is 261 g/mol. The molecule has 1 aromatic carbocycles. The molecule has 3 nitrogen and oxygen atoms in total. The van der Waals surface area contributed by atoms with Gasteiger partial charge in [-0.15, -0.1) is 0 Å². The summed E-state index contributed by atoms with van der Waals surface area (Å²) in [6.45, 7) is 6.10. The fourth-order valence-electron chi connectivity index (χ4n) is 2.45. The normalized spacial score (nSPS) is 15.6. The molecule has 2 aromatic rings. The monoisotopic (exact) mass is 261 g/mol. The van der Waals surface area contributed by atoms with Crippen LogP contribution in [0.15, 0.2) is 18.2 Å². The van der Waals surface area contributed by atoms with Crippen LogP contribution in [0.25, 0.3) is 11.0 Å². The fourth-order valence-corrected chi connectivity index (χ4v) is 2.45. The Labute approximate surface area is 112 Å². The molecule has 3 rings (SSSR count). The zero-order valence-corrected chi connectivity index (χ0v) is 11.5. The standard InChI is InChI=1S/C15H20FN3/c1-10(2)8-17-9-15-18-13-6-3-11(16)7-14(13)19(15)12-4-5-12/h3,6-7,10,12,17H,4-5,8-9H2,1-2H3. The van der Waals surface area contributed by atoms with Crippen molar-refractivity contribution in [3.63, 3.8) is 0 Å². The second kappa shape index (κ2) is 4.93. The number of halogens is 1. The second-order valence-electron chi connectivity index (χ2n) is 5.79. The molecule has 102 valence electrons. The number of fused-ring (bicyclic) bond motifs is 1. The van der Waals surface area contributed by atoms with Crippen LogP contribution in [0.1, 0.15) is 38.6 Å². The first kappa shape index (κ1) is 12.6. The van der Waals surface area contributed by atoms with Crippen LogP contribution in [0.3, 0.4) is 0 Å². The second-order valence-corrected chi connectivity index (χ2v) is 5.79. The van der Waals surface area contributed by atoms with E-state index in [0.29, 0.717) is 12.0 Å². The van der Waals surface area contributed by atoms with Crippen molar-refractivity contribution in [3.05, 3.63) is 29.8 Å². The van der Waals surface area contributed by atoms with E-state index in [1.54, 1.807) is 12.1 Å². The van der Waals surface area contributed by atoms with Crippen molar-refractivity contribution in [2.45, 2.75) is 39.3 Å². The Morgan fingerprint density at radius 2 is 2.21 bits per heavy atom. The van der Waals surface area contributed by atoms with Crippen LogP contribution in [0.5, 0.6) is 0 Å². The molecule has 19 heavy (non-hydrogen) atoms. The van der Waals surface area contributed by atoms with E-state index in [0.717, 1.165) is 29.9 Å². The van der Waals surface area contributed by atoms with Crippen LogP contribution in [0.4, 0.5) is 4.39 Å². The van der Waals surface area contributed by atoms with E-state index >= 15 is 0 Å². The minimum atomic E-state index is -0.184. The van der Waals surface area contributed by atoms with Crippen molar-refractivity contribution in [1.29, 1.82) is 0 Å². The van der Waals surface area contributed by atoms with Gasteiger partial charge in [0.15, 0.2) is 0 Å². The zero-order valence-electron chi connectivity index (χ0n) is 11.5. The predicted molar refractivity (Wildman–Crippen MR) is 74.5 cm³/mol. The van der Waals surface area contributed by atoms with Gasteiger partial charge in [-0.2, -0.15) is 0 Å². The lowest BCUT2D eigenvalue weighted by atomic mass is 10.2. The van der Waals surface area contributed by atoms with E-state index in [9.17, 15) is 4.39 Å². The molecular weight excluding hydrogens is 241 g/mol. The molecule has 4 heteroatoms. The molecule has 0 aliphatic heterocycles. The minimum Gasteiger partial charge on any atom is -0.324 e. The highest BCUT2D eigenvalue weighted by Crippen LogP contribution is 2.38. The maximum absolute atomic E-state index is 13.4. The van der Waals surface area contributed by atoms with Crippen molar-refractivity contribution in [1.82, 2.24) is 14.9 Å². The van der Waals surface area contributed by atoms with Crippen LogP contribution >= 0.6 is 0 Å². The first-order chi connectivity index (χ1) is 9.15. The summed E-state index contributed by atoms with van der Waals surface area (Å²) in [5.41, 5.74) is 1.83. The summed E-state index contributed by atoms with van der Waals surface area (Å²) < 4.78 is 15.6. The molecule has 0 saturated heterocycles. The quantitative estimate of drug-likeness (QED) is 0.895. The van der Waals surface area contributed by atoms with Crippen LogP contribution < -0.4 is 5.32 Å². The van der Waals surface area contributed by atoms with Gasteiger partial charge in [0.2, 0.25) is 0 Å². The van der Waals surface area contributed by atoms with Gasteiger partial charge >= 0.3 is 0 Å². The maximum atomic E-state index is 13.4. The highest BCUT2D eigenvalue weighted by Gasteiger charge is 2.28. The molecule has 1 aromatic heterocycles. The van der Waals surface area contributed by atoms with Gasteiger partial charge in [0, 0.05) is 6.04 Å². The Bertz CT molecular complexity index is 584. The molecule has 1 fully saturated rings. The van der Waals surface area contributed by atoms with Gasteiger partial charge in [-0.25, -0.2) is 9.37 Å². The third-order valence-electron chi connectivity index (χ3n) is 3.47. The summed E-state index contributed by atoms with van der Waals surface area (Å²) in [5, 5.41) is 3.42. The molecule has 1 heterocycles. The Kier molecular flexibility index (Phi) is 3.27. The topological polar surface area (TPSA) is 29.9 Å². The van der Waals surface area contributed by atoms with Crippen LogP contribution in [-0.4, -0.2) is 16.1 Å². The number of hydrogen-bond acceptors (Lipinski definition) is 2. The molecule has 0 bridgehead atoms. The van der Waals surface area contributed by atoms with Gasteiger partial charge in [-0.1, -0.05) is 13.8 Å². The number of rotatable bonds is 5. The van der Waals surface area contributed by atoms with Crippen molar-refractivity contribution < 1.29 is 4.39 Å². The van der Waals surface area contributed by atoms with Gasteiger partial charge in [0.25, 0.3) is 0 Å². The SMILES string of the molecule is CC(C)CNCc1nc2ccc(F)cc2n1C1CC1. The molecule has 1 aliphatic carbocycles. The third-order valence-corrected chi connectivity index (χ3v) is 3.47. The summed E-state index contributed by atoms with van der Waals surface area (Å²) >= 11 is 0. The average Bonchev–Trinajstić information content (AvgIpc) is 3.11.